The van der Waals surface area contributed by atoms with Crippen molar-refractivity contribution in [3.63, 3.8) is 0 Å². The van der Waals surface area contributed by atoms with Gasteiger partial charge in [0.05, 0.1) is 16.7 Å². The van der Waals surface area contributed by atoms with Crippen molar-refractivity contribution in [2.45, 2.75) is 26.2 Å². The molecule has 0 saturated carbocycles. The molecule has 53 heavy (non-hydrogen) atoms. The average Bonchev–Trinajstić information content (AvgIpc) is 3.65. The Labute approximate surface area is 308 Å². The van der Waals surface area contributed by atoms with Crippen molar-refractivity contribution in [2.75, 3.05) is 0 Å². The van der Waals surface area contributed by atoms with Gasteiger partial charge in [-0.05, 0) is 82.3 Å². The Balaban J connectivity index is 1.26. The number of hydrogen-bond acceptors (Lipinski definition) is 4. The maximum atomic E-state index is 5.21. The SMILES string of the molecule is Cc1cccnc1-c1cccc(-c2ccc3c(c2)c2cc4c(cc2n3-c2nc(-c3ccccc3)nc(-c3ccccc3)n2)C(C)(C)c2ccccc2-4)c1. The van der Waals surface area contributed by atoms with Gasteiger partial charge in [0.25, 0.3) is 0 Å². The second-order valence-corrected chi connectivity index (χ2v) is 14.4. The van der Waals surface area contributed by atoms with E-state index in [9.17, 15) is 0 Å². The molecule has 0 unspecified atom stereocenters. The third-order valence-corrected chi connectivity index (χ3v) is 10.8. The standard InChI is InChI=1S/C48H35N5/c1-30-14-13-25-49-44(30)35-20-12-19-33(26-35)34-23-24-42-38(27-34)39-28-37-36-21-10-11-22-40(36)48(2,3)41(37)29-43(39)53(42)47-51-45(31-15-6-4-7-16-31)50-46(52-47)32-17-8-5-9-18-32/h4-29H,1-3H3. The van der Waals surface area contributed by atoms with Crippen LogP contribution in [0.15, 0.2) is 158 Å². The van der Waals surface area contributed by atoms with Gasteiger partial charge >= 0.3 is 0 Å². The number of aryl methyl sites for hydroxylation is 1. The van der Waals surface area contributed by atoms with E-state index in [0.29, 0.717) is 17.6 Å². The van der Waals surface area contributed by atoms with Crippen LogP contribution in [0.3, 0.4) is 0 Å². The lowest BCUT2D eigenvalue weighted by atomic mass is 9.82. The molecule has 1 aliphatic rings. The zero-order valence-electron chi connectivity index (χ0n) is 29.7. The normalized spacial score (nSPS) is 13.0. The highest BCUT2D eigenvalue weighted by Gasteiger charge is 2.36. The van der Waals surface area contributed by atoms with E-state index in [1.165, 1.54) is 22.3 Å². The molecule has 6 aromatic carbocycles. The Kier molecular flexibility index (Phi) is 6.99. The van der Waals surface area contributed by atoms with Gasteiger partial charge in [-0.3, -0.25) is 9.55 Å². The lowest BCUT2D eigenvalue weighted by Crippen LogP contribution is -2.15. The van der Waals surface area contributed by atoms with Gasteiger partial charge in [-0.1, -0.05) is 129 Å². The highest BCUT2D eigenvalue weighted by atomic mass is 15.2. The minimum Gasteiger partial charge on any atom is -0.278 e. The van der Waals surface area contributed by atoms with Gasteiger partial charge in [0.15, 0.2) is 11.6 Å². The lowest BCUT2D eigenvalue weighted by molar-refractivity contribution is 0.661. The minimum absolute atomic E-state index is 0.167. The fourth-order valence-electron chi connectivity index (χ4n) is 8.14. The summed E-state index contributed by atoms with van der Waals surface area (Å²) in [7, 11) is 0. The van der Waals surface area contributed by atoms with Crippen molar-refractivity contribution in [3.05, 3.63) is 175 Å². The highest BCUT2D eigenvalue weighted by Crippen LogP contribution is 2.51. The number of rotatable bonds is 5. The molecule has 1 aliphatic carbocycles. The first-order chi connectivity index (χ1) is 25.9. The van der Waals surface area contributed by atoms with Crippen LogP contribution >= 0.6 is 0 Å². The summed E-state index contributed by atoms with van der Waals surface area (Å²) >= 11 is 0. The van der Waals surface area contributed by atoms with E-state index in [0.717, 1.165) is 60.9 Å². The average molecular weight is 682 g/mol. The number of fused-ring (bicyclic) bond motifs is 6. The van der Waals surface area contributed by atoms with Gasteiger partial charge in [0, 0.05) is 39.1 Å². The Bertz CT molecular complexity index is 2810. The quantitative estimate of drug-likeness (QED) is 0.181. The summed E-state index contributed by atoms with van der Waals surface area (Å²) in [6.45, 7) is 6.77. The lowest BCUT2D eigenvalue weighted by Gasteiger charge is -2.21. The molecule has 9 aromatic rings. The Morgan fingerprint density at radius 2 is 1.11 bits per heavy atom. The molecule has 0 aliphatic heterocycles. The van der Waals surface area contributed by atoms with E-state index < -0.39 is 0 Å². The Morgan fingerprint density at radius 1 is 0.472 bits per heavy atom. The van der Waals surface area contributed by atoms with Gasteiger partial charge in [0.1, 0.15) is 0 Å². The number of nitrogens with zero attached hydrogens (tertiary/aromatic N) is 5. The van der Waals surface area contributed by atoms with Crippen molar-refractivity contribution in [1.82, 2.24) is 24.5 Å². The Hall–Kier alpha value is -6.72. The number of benzene rings is 6. The van der Waals surface area contributed by atoms with E-state index >= 15 is 0 Å². The number of pyridine rings is 1. The summed E-state index contributed by atoms with van der Waals surface area (Å²) in [5.74, 6) is 1.86. The van der Waals surface area contributed by atoms with Crippen molar-refractivity contribution in [1.29, 1.82) is 0 Å². The molecule has 252 valence electrons. The van der Waals surface area contributed by atoms with Crippen LogP contribution in [-0.4, -0.2) is 24.5 Å². The summed E-state index contributed by atoms with van der Waals surface area (Å²) < 4.78 is 2.24. The van der Waals surface area contributed by atoms with Crippen molar-refractivity contribution >= 4 is 21.8 Å². The molecule has 0 saturated heterocycles. The van der Waals surface area contributed by atoms with Crippen LogP contribution in [0.25, 0.3) is 84.0 Å². The van der Waals surface area contributed by atoms with Crippen molar-refractivity contribution in [2.24, 2.45) is 0 Å². The first kappa shape index (κ1) is 31.1. The minimum atomic E-state index is -0.167. The largest absolute Gasteiger partial charge is 0.278 e. The van der Waals surface area contributed by atoms with Gasteiger partial charge in [-0.25, -0.2) is 4.98 Å². The summed E-state index contributed by atoms with van der Waals surface area (Å²) in [6.07, 6.45) is 1.86. The number of hydrogen-bond donors (Lipinski definition) is 0. The molecule has 0 fully saturated rings. The van der Waals surface area contributed by atoms with Crippen LogP contribution in [0.1, 0.15) is 30.5 Å². The molecule has 5 heteroatoms. The molecular formula is C48H35N5. The molecule has 0 radical (unpaired) electrons. The molecule has 0 spiro atoms. The smallest absolute Gasteiger partial charge is 0.238 e. The predicted octanol–water partition coefficient (Wildman–Crippen LogP) is 11.6. The van der Waals surface area contributed by atoms with E-state index in [1.807, 2.05) is 48.7 Å². The third-order valence-electron chi connectivity index (χ3n) is 10.8. The second kappa shape index (κ2) is 11.9. The van der Waals surface area contributed by atoms with Crippen LogP contribution in [-0.2, 0) is 5.41 Å². The van der Waals surface area contributed by atoms with Crippen LogP contribution in [0, 0.1) is 6.92 Å². The van der Waals surface area contributed by atoms with E-state index in [4.69, 9.17) is 19.9 Å². The summed E-state index contributed by atoms with van der Waals surface area (Å²) in [5, 5.41) is 2.30. The molecule has 0 amide bonds. The highest BCUT2D eigenvalue weighted by molar-refractivity contribution is 6.12. The van der Waals surface area contributed by atoms with E-state index in [1.54, 1.807) is 0 Å². The molecule has 0 bridgehead atoms. The Morgan fingerprint density at radius 3 is 1.85 bits per heavy atom. The van der Waals surface area contributed by atoms with Crippen molar-refractivity contribution < 1.29 is 0 Å². The number of aromatic nitrogens is 5. The van der Waals surface area contributed by atoms with Crippen LogP contribution in [0.2, 0.25) is 0 Å². The molecule has 5 nitrogen and oxygen atoms in total. The first-order valence-corrected chi connectivity index (χ1v) is 18.1. The van der Waals surface area contributed by atoms with E-state index in [2.05, 4.69) is 135 Å². The van der Waals surface area contributed by atoms with Crippen LogP contribution < -0.4 is 0 Å². The van der Waals surface area contributed by atoms with Crippen LogP contribution in [0.5, 0.6) is 0 Å². The summed E-state index contributed by atoms with van der Waals surface area (Å²) in [5.41, 5.74) is 14.6. The third kappa shape index (κ3) is 5.00. The molecule has 3 heterocycles. The molecular weight excluding hydrogens is 647 g/mol. The fraction of sp³-hybridized carbons (Fsp3) is 0.0833. The molecule has 0 N–H and O–H groups in total. The maximum absolute atomic E-state index is 5.21. The van der Waals surface area contributed by atoms with E-state index in [-0.39, 0.29) is 5.41 Å². The van der Waals surface area contributed by atoms with Gasteiger partial charge < -0.3 is 0 Å². The summed E-state index contributed by atoms with van der Waals surface area (Å²) in [4.78, 5) is 20.1. The van der Waals surface area contributed by atoms with Crippen LogP contribution in [0.4, 0.5) is 0 Å². The monoisotopic (exact) mass is 681 g/mol. The molecule has 0 atom stereocenters. The van der Waals surface area contributed by atoms with Gasteiger partial charge in [-0.2, -0.15) is 9.97 Å². The maximum Gasteiger partial charge on any atom is 0.238 e. The second-order valence-electron chi connectivity index (χ2n) is 14.4. The summed E-state index contributed by atoms with van der Waals surface area (Å²) in [6, 6.07) is 53.5. The zero-order chi connectivity index (χ0) is 35.7. The fourth-order valence-corrected chi connectivity index (χ4v) is 8.14. The zero-order valence-corrected chi connectivity index (χ0v) is 29.7. The molecule has 3 aromatic heterocycles. The topological polar surface area (TPSA) is 56.5 Å². The van der Waals surface area contributed by atoms with Crippen molar-refractivity contribution in [3.8, 4) is 62.2 Å². The predicted molar refractivity (Wildman–Crippen MR) is 216 cm³/mol. The van der Waals surface area contributed by atoms with Gasteiger partial charge in [-0.15, -0.1) is 0 Å². The van der Waals surface area contributed by atoms with Gasteiger partial charge in [0.2, 0.25) is 5.95 Å². The first-order valence-electron chi connectivity index (χ1n) is 18.1. The molecule has 10 rings (SSSR count).